The normalized spacial score (nSPS) is 12.6. The van der Waals surface area contributed by atoms with Gasteiger partial charge in [-0.1, -0.05) is 104 Å². The van der Waals surface area contributed by atoms with E-state index in [1.165, 1.54) is 21.3 Å². The maximum atomic E-state index is 14.6. The van der Waals surface area contributed by atoms with Crippen molar-refractivity contribution in [3.63, 3.8) is 0 Å². The first-order valence-corrected chi connectivity index (χ1v) is 17.0. The van der Waals surface area contributed by atoms with E-state index in [0.29, 0.717) is 23.6 Å². The molecule has 7 nitrogen and oxygen atoms in total. The predicted molar refractivity (Wildman–Crippen MR) is 181 cm³/mol. The predicted octanol–water partition coefficient (Wildman–Crippen LogP) is 6.65. The molecule has 0 saturated heterocycles. The second kappa shape index (κ2) is 15.7. The lowest BCUT2D eigenvalue weighted by molar-refractivity contribution is -0.140. The van der Waals surface area contributed by atoms with Gasteiger partial charge in [-0.25, -0.2) is 8.42 Å². The van der Waals surface area contributed by atoms with E-state index in [0.717, 1.165) is 16.7 Å². The molecule has 4 aromatic carbocycles. The molecule has 1 N–H and O–H groups in total. The Bertz CT molecular complexity index is 1680. The molecule has 2 amide bonds. The SMILES string of the molecule is CCc1ccccc1N(CC(=O)N(Cc1cccc(Cl)c1)[C@H](Cc1ccccc1)C(=O)N[C@H](C)CC)S(=O)(=O)c1ccccc1. The van der Waals surface area contributed by atoms with Crippen LogP contribution in [0.4, 0.5) is 5.69 Å². The molecule has 0 spiro atoms. The van der Waals surface area contributed by atoms with E-state index in [2.05, 4.69) is 5.32 Å². The number of sulfonamides is 1. The number of halogens is 1. The van der Waals surface area contributed by atoms with Gasteiger partial charge in [-0.15, -0.1) is 0 Å². The first kappa shape index (κ1) is 33.7. The van der Waals surface area contributed by atoms with Gasteiger partial charge in [0.1, 0.15) is 12.6 Å². The molecule has 45 heavy (non-hydrogen) atoms. The Labute approximate surface area is 271 Å². The highest BCUT2D eigenvalue weighted by molar-refractivity contribution is 7.92. The van der Waals surface area contributed by atoms with Crippen molar-refractivity contribution >= 4 is 39.1 Å². The number of carbonyl (C=O) groups excluding carboxylic acids is 2. The van der Waals surface area contributed by atoms with Crippen molar-refractivity contribution in [2.24, 2.45) is 0 Å². The van der Waals surface area contributed by atoms with Gasteiger partial charge in [-0.3, -0.25) is 13.9 Å². The molecule has 4 aromatic rings. The number of benzene rings is 4. The maximum absolute atomic E-state index is 14.6. The van der Waals surface area contributed by atoms with Crippen LogP contribution >= 0.6 is 11.6 Å². The number of carbonyl (C=O) groups is 2. The monoisotopic (exact) mass is 645 g/mol. The van der Waals surface area contributed by atoms with Gasteiger partial charge in [0, 0.05) is 24.0 Å². The Morgan fingerprint density at radius 2 is 1.44 bits per heavy atom. The minimum absolute atomic E-state index is 0.0550. The summed E-state index contributed by atoms with van der Waals surface area (Å²) in [4.78, 5) is 30.1. The molecule has 0 aliphatic heterocycles. The number of nitrogens with zero attached hydrogens (tertiary/aromatic N) is 2. The average Bonchev–Trinajstić information content (AvgIpc) is 3.05. The van der Waals surface area contributed by atoms with Crippen molar-refractivity contribution in [2.45, 2.75) is 63.6 Å². The summed E-state index contributed by atoms with van der Waals surface area (Å²) in [7, 11) is -4.16. The molecule has 236 valence electrons. The highest BCUT2D eigenvalue weighted by Gasteiger charge is 2.35. The Kier molecular flexibility index (Phi) is 11.8. The van der Waals surface area contributed by atoms with E-state index in [-0.39, 0.29) is 29.8 Å². The molecule has 0 unspecified atom stereocenters. The van der Waals surface area contributed by atoms with Gasteiger partial charge in [0.05, 0.1) is 10.6 Å². The van der Waals surface area contributed by atoms with Crippen LogP contribution in [0.1, 0.15) is 43.9 Å². The van der Waals surface area contributed by atoms with Crippen LogP contribution in [-0.2, 0) is 39.0 Å². The number of para-hydroxylation sites is 1. The quantitative estimate of drug-likeness (QED) is 0.166. The minimum Gasteiger partial charge on any atom is -0.352 e. The lowest BCUT2D eigenvalue weighted by atomic mass is 10.0. The van der Waals surface area contributed by atoms with E-state index >= 15 is 0 Å². The van der Waals surface area contributed by atoms with Crippen LogP contribution in [-0.4, -0.2) is 43.8 Å². The Hall–Kier alpha value is -4.14. The zero-order valence-corrected chi connectivity index (χ0v) is 27.5. The van der Waals surface area contributed by atoms with Crippen LogP contribution in [0.2, 0.25) is 5.02 Å². The fraction of sp³-hybridized carbons (Fsp3) is 0.278. The average molecular weight is 646 g/mol. The number of anilines is 1. The van der Waals surface area contributed by atoms with Crippen LogP contribution < -0.4 is 9.62 Å². The summed E-state index contributed by atoms with van der Waals surface area (Å²) in [6.45, 7) is 5.38. The summed E-state index contributed by atoms with van der Waals surface area (Å²) in [5, 5.41) is 3.55. The fourth-order valence-electron chi connectivity index (χ4n) is 5.11. The first-order chi connectivity index (χ1) is 21.6. The second-order valence-corrected chi connectivity index (χ2v) is 13.3. The van der Waals surface area contributed by atoms with Crippen molar-refractivity contribution in [3.8, 4) is 0 Å². The third-order valence-electron chi connectivity index (χ3n) is 7.77. The largest absolute Gasteiger partial charge is 0.352 e. The van der Waals surface area contributed by atoms with Gasteiger partial charge in [0.15, 0.2) is 0 Å². The molecule has 0 aromatic heterocycles. The van der Waals surface area contributed by atoms with Crippen molar-refractivity contribution in [2.75, 3.05) is 10.8 Å². The Morgan fingerprint density at radius 1 is 0.822 bits per heavy atom. The Morgan fingerprint density at radius 3 is 2.09 bits per heavy atom. The number of hydrogen-bond donors (Lipinski definition) is 1. The number of aryl methyl sites for hydroxylation is 1. The van der Waals surface area contributed by atoms with Crippen LogP contribution in [0.3, 0.4) is 0 Å². The molecule has 0 saturated carbocycles. The van der Waals surface area contributed by atoms with Gasteiger partial charge in [-0.2, -0.15) is 0 Å². The lowest BCUT2D eigenvalue weighted by Crippen LogP contribution is -2.54. The van der Waals surface area contributed by atoms with Crippen LogP contribution in [0.5, 0.6) is 0 Å². The van der Waals surface area contributed by atoms with Crippen LogP contribution in [0.25, 0.3) is 0 Å². The molecule has 0 heterocycles. The van der Waals surface area contributed by atoms with E-state index in [9.17, 15) is 18.0 Å². The zero-order chi connectivity index (χ0) is 32.4. The van der Waals surface area contributed by atoms with Gasteiger partial charge >= 0.3 is 0 Å². The summed E-state index contributed by atoms with van der Waals surface area (Å²) < 4.78 is 29.6. The van der Waals surface area contributed by atoms with Gasteiger partial charge in [0.25, 0.3) is 10.0 Å². The highest BCUT2D eigenvalue weighted by Crippen LogP contribution is 2.28. The minimum atomic E-state index is -4.16. The molecule has 4 rings (SSSR count). The first-order valence-electron chi connectivity index (χ1n) is 15.2. The number of amides is 2. The standard InChI is InChI=1S/C36H40ClN3O4S/c1-4-27(3)38-36(42)34(24-28-15-8-6-9-16-28)39(25-29-17-14-19-31(37)23-29)35(41)26-40(33-22-13-12-18-30(33)5-2)45(43,44)32-20-10-7-11-21-32/h6-23,27,34H,4-5,24-26H2,1-3H3,(H,38,42)/t27-,34-/m1/s1. The molecule has 2 atom stereocenters. The topological polar surface area (TPSA) is 86.8 Å². The Balaban J connectivity index is 1.83. The highest BCUT2D eigenvalue weighted by atomic mass is 35.5. The third kappa shape index (κ3) is 8.74. The zero-order valence-electron chi connectivity index (χ0n) is 25.9. The number of hydrogen-bond acceptors (Lipinski definition) is 4. The molecular formula is C36H40ClN3O4S. The van der Waals surface area contributed by atoms with Crippen LogP contribution in [0, 0.1) is 0 Å². The molecule has 0 aliphatic rings. The van der Waals surface area contributed by atoms with Crippen molar-refractivity contribution in [1.29, 1.82) is 0 Å². The van der Waals surface area contributed by atoms with Gasteiger partial charge < -0.3 is 10.2 Å². The van der Waals surface area contributed by atoms with Crippen LogP contribution in [0.15, 0.2) is 114 Å². The summed E-state index contributed by atoms with van der Waals surface area (Å²) in [5.41, 5.74) is 2.79. The summed E-state index contributed by atoms with van der Waals surface area (Å²) in [6.07, 6.45) is 1.51. The third-order valence-corrected chi connectivity index (χ3v) is 9.77. The molecule has 0 aliphatic carbocycles. The summed E-state index contributed by atoms with van der Waals surface area (Å²) >= 11 is 6.32. The van der Waals surface area contributed by atoms with E-state index in [1.807, 2.05) is 69.3 Å². The second-order valence-electron chi connectivity index (χ2n) is 11.0. The lowest BCUT2D eigenvalue weighted by Gasteiger charge is -2.34. The van der Waals surface area contributed by atoms with Crippen molar-refractivity contribution in [3.05, 3.63) is 131 Å². The molecule has 0 bridgehead atoms. The summed E-state index contributed by atoms with van der Waals surface area (Å²) in [5.74, 6) is -0.823. The van der Waals surface area contributed by atoms with E-state index in [1.54, 1.807) is 48.5 Å². The van der Waals surface area contributed by atoms with Crippen molar-refractivity contribution < 1.29 is 18.0 Å². The number of nitrogens with one attached hydrogen (secondary N) is 1. The van der Waals surface area contributed by atoms with Gasteiger partial charge in [0.2, 0.25) is 11.8 Å². The molecule has 0 radical (unpaired) electrons. The molecule has 0 fully saturated rings. The number of rotatable bonds is 14. The smallest absolute Gasteiger partial charge is 0.264 e. The van der Waals surface area contributed by atoms with Gasteiger partial charge in [-0.05, 0) is 66.8 Å². The van der Waals surface area contributed by atoms with Crippen molar-refractivity contribution in [1.82, 2.24) is 10.2 Å². The van der Waals surface area contributed by atoms with E-state index < -0.39 is 28.5 Å². The van der Waals surface area contributed by atoms with E-state index in [4.69, 9.17) is 11.6 Å². The maximum Gasteiger partial charge on any atom is 0.264 e. The molecular weight excluding hydrogens is 606 g/mol. The summed E-state index contributed by atoms with van der Waals surface area (Å²) in [6, 6.07) is 30.8. The molecule has 9 heteroatoms. The fourth-order valence-corrected chi connectivity index (χ4v) is 6.80.